The summed E-state index contributed by atoms with van der Waals surface area (Å²) in [6, 6.07) is 10.8. The Labute approximate surface area is 175 Å². The van der Waals surface area contributed by atoms with Gasteiger partial charge in [0.2, 0.25) is 0 Å². The molecule has 2 aromatic carbocycles. The van der Waals surface area contributed by atoms with Crippen molar-refractivity contribution in [1.82, 2.24) is 0 Å². The number of halogens is 1. The van der Waals surface area contributed by atoms with Crippen LogP contribution in [0.4, 0.5) is 5.69 Å². The molecule has 0 heterocycles. The molecule has 1 amide bonds. The van der Waals surface area contributed by atoms with Crippen molar-refractivity contribution >= 4 is 39.6 Å². The zero-order valence-electron chi connectivity index (χ0n) is 15.6. The molecule has 0 fully saturated rings. The SMILES string of the molecule is COC(=O)COc1cc(Br)c(/C=C(\C#N)C(=O)Nc2ccc(O)cc2)cc1OC. The maximum atomic E-state index is 12.4. The first-order valence-electron chi connectivity index (χ1n) is 8.17. The Hall–Kier alpha value is -3.51. The molecule has 0 aliphatic rings. The Kier molecular flexibility index (Phi) is 7.62. The third-order valence-corrected chi connectivity index (χ3v) is 4.33. The van der Waals surface area contributed by atoms with Crippen LogP contribution in [-0.4, -0.2) is 37.8 Å². The molecule has 0 spiro atoms. The number of esters is 1. The summed E-state index contributed by atoms with van der Waals surface area (Å²) in [6.45, 7) is -0.299. The molecule has 29 heavy (non-hydrogen) atoms. The van der Waals surface area contributed by atoms with Crippen molar-refractivity contribution < 1.29 is 28.9 Å². The number of amides is 1. The fourth-order valence-corrected chi connectivity index (χ4v) is 2.61. The lowest BCUT2D eigenvalue weighted by atomic mass is 10.1. The lowest BCUT2D eigenvalue weighted by Crippen LogP contribution is -2.13. The second-order valence-corrected chi connectivity index (χ2v) is 6.41. The number of carbonyl (C=O) groups excluding carboxylic acids is 2. The molecule has 2 N–H and O–H groups in total. The van der Waals surface area contributed by atoms with E-state index in [4.69, 9.17) is 9.47 Å². The maximum absolute atomic E-state index is 12.4. The Balaban J connectivity index is 2.27. The summed E-state index contributed by atoms with van der Waals surface area (Å²) in [5.41, 5.74) is 0.769. The minimum Gasteiger partial charge on any atom is -0.508 e. The highest BCUT2D eigenvalue weighted by atomic mass is 79.9. The van der Waals surface area contributed by atoms with Gasteiger partial charge in [-0.1, -0.05) is 15.9 Å². The van der Waals surface area contributed by atoms with Gasteiger partial charge in [-0.2, -0.15) is 5.26 Å². The number of hydrogen-bond donors (Lipinski definition) is 2. The van der Waals surface area contributed by atoms with Crippen LogP contribution in [-0.2, 0) is 14.3 Å². The third-order valence-electron chi connectivity index (χ3n) is 3.65. The number of anilines is 1. The summed E-state index contributed by atoms with van der Waals surface area (Å²) in [5.74, 6) is -0.516. The standard InChI is InChI=1S/C20H17BrN2O6/c1-27-17-8-12(16(21)9-18(17)29-11-19(25)28-2)7-13(10-22)20(26)23-14-3-5-15(24)6-4-14/h3-9,24H,11H2,1-2H3,(H,23,26)/b13-7+. The van der Waals surface area contributed by atoms with Crippen LogP contribution in [0.3, 0.4) is 0 Å². The Bertz CT molecular complexity index is 980. The van der Waals surface area contributed by atoms with Gasteiger partial charge < -0.3 is 24.6 Å². The number of benzene rings is 2. The van der Waals surface area contributed by atoms with Gasteiger partial charge in [-0.05, 0) is 48.0 Å². The molecule has 0 bridgehead atoms. The molecule has 150 valence electrons. The van der Waals surface area contributed by atoms with Crippen LogP contribution in [0, 0.1) is 11.3 Å². The molecule has 0 unspecified atom stereocenters. The molecule has 0 aromatic heterocycles. The van der Waals surface area contributed by atoms with E-state index < -0.39 is 11.9 Å². The second-order valence-electron chi connectivity index (χ2n) is 5.56. The summed E-state index contributed by atoms with van der Waals surface area (Å²) in [4.78, 5) is 23.7. The molecule has 0 aliphatic carbocycles. The number of ether oxygens (including phenoxy) is 3. The van der Waals surface area contributed by atoms with Crippen molar-refractivity contribution in [1.29, 1.82) is 5.26 Å². The van der Waals surface area contributed by atoms with Gasteiger partial charge in [0.25, 0.3) is 5.91 Å². The van der Waals surface area contributed by atoms with Crippen LogP contribution in [0.5, 0.6) is 17.2 Å². The van der Waals surface area contributed by atoms with E-state index in [0.717, 1.165) is 0 Å². The molecule has 0 saturated heterocycles. The topological polar surface area (TPSA) is 118 Å². The third kappa shape index (κ3) is 5.99. The predicted molar refractivity (Wildman–Crippen MR) is 109 cm³/mol. The predicted octanol–water partition coefficient (Wildman–Crippen LogP) is 3.26. The molecule has 0 radical (unpaired) electrons. The number of nitriles is 1. The zero-order chi connectivity index (χ0) is 21.4. The van der Waals surface area contributed by atoms with E-state index in [1.165, 1.54) is 44.6 Å². The Morgan fingerprint density at radius 3 is 2.48 bits per heavy atom. The first-order chi connectivity index (χ1) is 13.9. The maximum Gasteiger partial charge on any atom is 0.343 e. The molecule has 8 nitrogen and oxygen atoms in total. The molecular formula is C20H17BrN2O6. The number of aromatic hydroxyl groups is 1. The van der Waals surface area contributed by atoms with E-state index in [0.29, 0.717) is 21.5 Å². The average molecular weight is 461 g/mol. The van der Waals surface area contributed by atoms with Crippen LogP contribution in [0.25, 0.3) is 6.08 Å². The molecule has 2 rings (SSSR count). The number of nitrogens with one attached hydrogen (secondary N) is 1. The van der Waals surface area contributed by atoms with Gasteiger partial charge in [-0.3, -0.25) is 4.79 Å². The highest BCUT2D eigenvalue weighted by Gasteiger charge is 2.15. The van der Waals surface area contributed by atoms with Crippen molar-refractivity contribution in [2.45, 2.75) is 0 Å². The number of rotatable bonds is 7. The van der Waals surface area contributed by atoms with Gasteiger partial charge in [0.05, 0.1) is 14.2 Å². The number of methoxy groups -OCH3 is 2. The van der Waals surface area contributed by atoms with E-state index in [1.54, 1.807) is 12.1 Å². The van der Waals surface area contributed by atoms with Crippen LogP contribution in [0.15, 0.2) is 46.4 Å². The van der Waals surface area contributed by atoms with Crippen molar-refractivity contribution in [3.05, 3.63) is 52.0 Å². The van der Waals surface area contributed by atoms with E-state index in [-0.39, 0.29) is 23.7 Å². The summed E-state index contributed by atoms with van der Waals surface area (Å²) in [5, 5.41) is 21.3. The van der Waals surface area contributed by atoms with Gasteiger partial charge in [0.1, 0.15) is 17.4 Å². The number of carbonyl (C=O) groups is 2. The fraction of sp³-hybridized carbons (Fsp3) is 0.150. The van der Waals surface area contributed by atoms with Crippen molar-refractivity contribution in [3.63, 3.8) is 0 Å². The van der Waals surface area contributed by atoms with Gasteiger partial charge >= 0.3 is 5.97 Å². The average Bonchev–Trinajstić information content (AvgIpc) is 2.72. The Morgan fingerprint density at radius 2 is 1.90 bits per heavy atom. The quantitative estimate of drug-likeness (QED) is 0.281. The monoisotopic (exact) mass is 460 g/mol. The van der Waals surface area contributed by atoms with Crippen molar-refractivity contribution in [3.8, 4) is 23.3 Å². The largest absolute Gasteiger partial charge is 0.508 e. The summed E-state index contributed by atoms with van der Waals surface area (Å²) >= 11 is 3.35. The normalized spacial score (nSPS) is 10.6. The second kappa shape index (κ2) is 10.1. The first-order valence-corrected chi connectivity index (χ1v) is 8.96. The molecule has 0 saturated carbocycles. The number of phenolic OH excluding ortho intramolecular Hbond substituents is 1. The van der Waals surface area contributed by atoms with Crippen LogP contribution in [0.2, 0.25) is 0 Å². The summed E-state index contributed by atoms with van der Waals surface area (Å²) in [7, 11) is 2.67. The molecule has 2 aromatic rings. The lowest BCUT2D eigenvalue weighted by Gasteiger charge is -2.12. The summed E-state index contributed by atoms with van der Waals surface area (Å²) < 4.78 is 15.7. The van der Waals surface area contributed by atoms with Crippen LogP contribution >= 0.6 is 15.9 Å². The van der Waals surface area contributed by atoms with E-state index in [1.807, 2.05) is 6.07 Å². The highest BCUT2D eigenvalue weighted by molar-refractivity contribution is 9.10. The van der Waals surface area contributed by atoms with Crippen molar-refractivity contribution in [2.24, 2.45) is 0 Å². The minimum absolute atomic E-state index is 0.0598. The molecule has 0 atom stereocenters. The van der Waals surface area contributed by atoms with Gasteiger partial charge in [0, 0.05) is 10.2 Å². The number of hydrogen-bond acceptors (Lipinski definition) is 7. The van der Waals surface area contributed by atoms with Gasteiger partial charge in [0.15, 0.2) is 18.1 Å². The van der Waals surface area contributed by atoms with Crippen LogP contribution < -0.4 is 14.8 Å². The zero-order valence-corrected chi connectivity index (χ0v) is 17.1. The molecule has 9 heteroatoms. The number of phenols is 1. The lowest BCUT2D eigenvalue weighted by molar-refractivity contribution is -0.142. The Morgan fingerprint density at radius 1 is 1.21 bits per heavy atom. The van der Waals surface area contributed by atoms with Gasteiger partial charge in [-0.15, -0.1) is 0 Å². The van der Waals surface area contributed by atoms with E-state index in [2.05, 4.69) is 26.0 Å². The molecule has 0 aliphatic heterocycles. The van der Waals surface area contributed by atoms with Crippen LogP contribution in [0.1, 0.15) is 5.56 Å². The smallest absolute Gasteiger partial charge is 0.343 e. The fourth-order valence-electron chi connectivity index (χ4n) is 2.18. The summed E-state index contributed by atoms with van der Waals surface area (Å²) in [6.07, 6.45) is 1.38. The first kappa shape index (κ1) is 21.8. The minimum atomic E-state index is -0.616. The van der Waals surface area contributed by atoms with Gasteiger partial charge in [-0.25, -0.2) is 4.79 Å². The van der Waals surface area contributed by atoms with E-state index in [9.17, 15) is 20.0 Å². The van der Waals surface area contributed by atoms with Crippen molar-refractivity contribution in [2.75, 3.05) is 26.1 Å². The number of nitrogens with zero attached hydrogens (tertiary/aromatic N) is 1. The van der Waals surface area contributed by atoms with E-state index >= 15 is 0 Å². The highest BCUT2D eigenvalue weighted by Crippen LogP contribution is 2.34. The molecular weight excluding hydrogens is 444 g/mol.